The van der Waals surface area contributed by atoms with Crippen LogP contribution < -0.4 is 0 Å². The van der Waals surface area contributed by atoms with Gasteiger partial charge in [0.1, 0.15) is 0 Å². The monoisotopic (exact) mass is 396 g/mol. The number of aromatic carboxylic acids is 1. The van der Waals surface area contributed by atoms with Gasteiger partial charge in [0.25, 0.3) is 0 Å². The smallest absolute Gasteiger partial charge is 0.478 e. The Morgan fingerprint density at radius 3 is 2.27 bits per heavy atom. The van der Waals surface area contributed by atoms with Gasteiger partial charge in [-0.3, -0.25) is 4.79 Å². The van der Waals surface area contributed by atoms with E-state index in [4.69, 9.17) is 26.0 Å². The molecule has 1 aromatic rings. The van der Waals surface area contributed by atoms with Crippen LogP contribution >= 0.6 is 23.4 Å². The average molecular weight is 397 g/mol. The Bertz CT molecular complexity index is 744. The van der Waals surface area contributed by atoms with Crippen LogP contribution in [0.4, 0.5) is 0 Å². The molecule has 0 aromatic heterocycles. The molecule has 5 nitrogen and oxygen atoms in total. The first-order valence-electron chi connectivity index (χ1n) is 8.15. The second-order valence-electron chi connectivity index (χ2n) is 7.13. The SMILES string of the molecule is CC(=O)SCC(=Cc1ccc(C(=O)O)cc1Cl)B1OC(C)(C)C(C)(C)O1. The number of halogens is 1. The highest BCUT2D eigenvalue weighted by Gasteiger charge is 2.52. The fourth-order valence-corrected chi connectivity index (χ4v) is 3.16. The Balaban J connectivity index is 2.38. The van der Waals surface area contributed by atoms with Gasteiger partial charge in [-0.05, 0) is 50.9 Å². The van der Waals surface area contributed by atoms with E-state index in [-0.39, 0.29) is 10.7 Å². The molecule has 1 heterocycles. The van der Waals surface area contributed by atoms with Crippen LogP contribution in [0.5, 0.6) is 0 Å². The lowest BCUT2D eigenvalue weighted by Gasteiger charge is -2.32. The van der Waals surface area contributed by atoms with Gasteiger partial charge in [0.2, 0.25) is 0 Å². The summed E-state index contributed by atoms with van der Waals surface area (Å²) < 4.78 is 12.2. The van der Waals surface area contributed by atoms with Gasteiger partial charge in [-0.1, -0.05) is 35.5 Å². The predicted molar refractivity (Wildman–Crippen MR) is 106 cm³/mol. The zero-order chi connectivity index (χ0) is 19.7. The number of carbonyl (C=O) groups is 2. The maximum Gasteiger partial charge on any atom is 0.491 e. The van der Waals surface area contributed by atoms with Gasteiger partial charge in [0, 0.05) is 17.7 Å². The number of carboxylic acids is 1. The zero-order valence-electron chi connectivity index (χ0n) is 15.5. The van der Waals surface area contributed by atoms with Crippen molar-refractivity contribution in [2.75, 3.05) is 5.75 Å². The van der Waals surface area contributed by atoms with Gasteiger partial charge in [-0.25, -0.2) is 4.79 Å². The minimum absolute atomic E-state index is 0.0141. The normalized spacial score (nSPS) is 18.8. The van der Waals surface area contributed by atoms with Crippen LogP contribution in [-0.4, -0.2) is 40.3 Å². The summed E-state index contributed by atoms with van der Waals surface area (Å²) in [5, 5.41) is 9.36. The van der Waals surface area contributed by atoms with Crippen LogP contribution in [0.25, 0.3) is 6.08 Å². The number of hydrogen-bond acceptors (Lipinski definition) is 5. The lowest BCUT2D eigenvalue weighted by atomic mass is 9.78. The van der Waals surface area contributed by atoms with E-state index in [1.54, 1.807) is 12.1 Å². The van der Waals surface area contributed by atoms with Crippen LogP contribution in [0.2, 0.25) is 5.02 Å². The topological polar surface area (TPSA) is 72.8 Å². The van der Waals surface area contributed by atoms with Crippen molar-refractivity contribution in [1.29, 1.82) is 0 Å². The molecule has 2 rings (SSSR count). The van der Waals surface area contributed by atoms with Gasteiger partial charge < -0.3 is 14.4 Å². The van der Waals surface area contributed by atoms with Crippen molar-refractivity contribution in [2.45, 2.75) is 45.8 Å². The summed E-state index contributed by atoms with van der Waals surface area (Å²) in [5.74, 6) is -0.649. The molecule has 0 saturated carbocycles. The van der Waals surface area contributed by atoms with Crippen molar-refractivity contribution in [3.63, 3.8) is 0 Å². The van der Waals surface area contributed by atoms with Crippen molar-refractivity contribution in [3.8, 4) is 0 Å². The van der Waals surface area contributed by atoms with E-state index in [0.717, 1.165) is 17.2 Å². The standard InChI is InChI=1S/C18H22BClO5S/c1-11(21)26-10-14(19-24-17(2,3)18(4,5)25-19)8-12-6-7-13(16(22)23)9-15(12)20/h6-9H,10H2,1-5H3,(H,22,23). The van der Waals surface area contributed by atoms with Crippen molar-refractivity contribution in [2.24, 2.45) is 0 Å². The third-order valence-corrected chi connectivity index (χ3v) is 5.80. The van der Waals surface area contributed by atoms with Crippen LogP contribution in [0, 0.1) is 0 Å². The van der Waals surface area contributed by atoms with Crippen LogP contribution in [0.3, 0.4) is 0 Å². The molecule has 0 amide bonds. The number of thioether (sulfide) groups is 1. The first-order valence-corrected chi connectivity index (χ1v) is 9.51. The highest BCUT2D eigenvalue weighted by atomic mass is 35.5. The summed E-state index contributed by atoms with van der Waals surface area (Å²) in [6.45, 7) is 9.32. The molecule has 1 aliphatic rings. The van der Waals surface area contributed by atoms with E-state index < -0.39 is 24.3 Å². The van der Waals surface area contributed by atoms with E-state index in [1.807, 2.05) is 27.7 Å². The third kappa shape index (κ3) is 4.71. The Kier molecular flexibility index (Phi) is 6.28. The zero-order valence-corrected chi connectivity index (χ0v) is 17.0. The van der Waals surface area contributed by atoms with Crippen LogP contribution in [0.1, 0.15) is 50.5 Å². The Morgan fingerprint density at radius 2 is 1.81 bits per heavy atom. The van der Waals surface area contributed by atoms with E-state index in [2.05, 4.69) is 0 Å². The summed E-state index contributed by atoms with van der Waals surface area (Å²) in [4.78, 5) is 22.5. The maximum absolute atomic E-state index is 11.4. The average Bonchev–Trinajstić information content (AvgIpc) is 2.72. The van der Waals surface area contributed by atoms with E-state index in [0.29, 0.717) is 16.3 Å². The molecule has 1 fully saturated rings. The molecule has 0 bridgehead atoms. The van der Waals surface area contributed by atoms with Crippen molar-refractivity contribution >= 4 is 47.6 Å². The third-order valence-electron chi connectivity index (χ3n) is 4.59. The Morgan fingerprint density at radius 1 is 1.23 bits per heavy atom. The maximum atomic E-state index is 11.4. The molecule has 0 spiro atoms. The molecule has 1 saturated heterocycles. The lowest BCUT2D eigenvalue weighted by Crippen LogP contribution is -2.41. The molecule has 0 aliphatic carbocycles. The minimum Gasteiger partial charge on any atom is -0.478 e. The number of carboxylic acid groups (broad SMARTS) is 1. The molecule has 0 radical (unpaired) electrons. The van der Waals surface area contributed by atoms with E-state index in [9.17, 15) is 9.59 Å². The predicted octanol–water partition coefficient (Wildman–Crippen LogP) is 4.33. The summed E-state index contributed by atoms with van der Waals surface area (Å²) in [7, 11) is -0.609. The fourth-order valence-electron chi connectivity index (χ4n) is 2.33. The number of hydrogen-bond donors (Lipinski definition) is 1. The molecule has 140 valence electrons. The van der Waals surface area contributed by atoms with Gasteiger partial charge in [-0.2, -0.15) is 0 Å². The lowest BCUT2D eigenvalue weighted by molar-refractivity contribution is -0.109. The number of rotatable bonds is 5. The summed E-state index contributed by atoms with van der Waals surface area (Å²) in [6, 6.07) is 4.52. The van der Waals surface area contributed by atoms with Crippen molar-refractivity contribution in [1.82, 2.24) is 0 Å². The highest BCUT2D eigenvalue weighted by molar-refractivity contribution is 8.13. The molecular formula is C18H22BClO5S. The van der Waals surface area contributed by atoms with Gasteiger partial charge >= 0.3 is 13.1 Å². The Hall–Kier alpha value is -1.28. The molecule has 8 heteroatoms. The van der Waals surface area contributed by atoms with Crippen LogP contribution in [0.15, 0.2) is 23.7 Å². The molecule has 1 N–H and O–H groups in total. The fraction of sp³-hybridized carbons (Fsp3) is 0.444. The second kappa shape index (κ2) is 7.76. The molecule has 1 aromatic carbocycles. The van der Waals surface area contributed by atoms with Crippen molar-refractivity contribution in [3.05, 3.63) is 39.8 Å². The summed E-state index contributed by atoms with van der Waals surface area (Å²) in [5.41, 5.74) is 0.505. The number of carbonyl (C=O) groups excluding carboxylic acids is 1. The highest BCUT2D eigenvalue weighted by Crippen LogP contribution is 2.39. The van der Waals surface area contributed by atoms with Crippen molar-refractivity contribution < 1.29 is 24.0 Å². The molecular weight excluding hydrogens is 375 g/mol. The summed E-state index contributed by atoms with van der Waals surface area (Å²) in [6.07, 6.45) is 1.80. The quantitative estimate of drug-likeness (QED) is 0.747. The largest absolute Gasteiger partial charge is 0.491 e. The second-order valence-corrected chi connectivity index (χ2v) is 8.69. The van der Waals surface area contributed by atoms with Gasteiger partial charge in [-0.15, -0.1) is 0 Å². The van der Waals surface area contributed by atoms with E-state index >= 15 is 0 Å². The van der Waals surface area contributed by atoms with Gasteiger partial charge in [0.15, 0.2) is 5.12 Å². The molecule has 26 heavy (non-hydrogen) atoms. The first-order chi connectivity index (χ1) is 11.9. The molecule has 0 atom stereocenters. The molecule has 1 aliphatic heterocycles. The first kappa shape index (κ1) is 21.0. The Labute approximate surface area is 163 Å². The molecule has 0 unspecified atom stereocenters. The minimum atomic E-state index is -1.04. The van der Waals surface area contributed by atoms with Gasteiger partial charge in [0.05, 0.1) is 16.8 Å². The summed E-state index contributed by atoms with van der Waals surface area (Å²) >= 11 is 7.39. The van der Waals surface area contributed by atoms with E-state index in [1.165, 1.54) is 19.1 Å². The van der Waals surface area contributed by atoms with Crippen LogP contribution in [-0.2, 0) is 14.1 Å². The number of benzene rings is 1.